The quantitative estimate of drug-likeness (QED) is 0.902. The smallest absolute Gasteiger partial charge is 0.263 e. The summed E-state index contributed by atoms with van der Waals surface area (Å²) in [7, 11) is -3.75. The van der Waals surface area contributed by atoms with Crippen LogP contribution in [0.2, 0.25) is 0 Å². The molecule has 0 aliphatic rings. The Morgan fingerprint density at radius 2 is 1.89 bits per heavy atom. The Bertz CT molecular complexity index is 712. The molecule has 100 valence electrons. The number of aromatic hydroxyl groups is 1. The van der Waals surface area contributed by atoms with Crippen molar-refractivity contribution in [3.8, 4) is 5.75 Å². The standard InChI is InChI=1S/C13H14N2O3S/c1-9-4-3-5-11(8-9)19(17,18)15-13-12(16)7-6-10(2)14-13/h3-8,16H,1-2H3,(H,14,15). The Morgan fingerprint density at radius 3 is 2.58 bits per heavy atom. The van der Waals surface area contributed by atoms with Crippen LogP contribution in [0.4, 0.5) is 5.82 Å². The summed E-state index contributed by atoms with van der Waals surface area (Å²) in [5.74, 6) is -0.275. The first-order chi connectivity index (χ1) is 8.88. The molecule has 0 radical (unpaired) electrons. The summed E-state index contributed by atoms with van der Waals surface area (Å²) in [4.78, 5) is 4.10. The molecule has 0 fully saturated rings. The molecule has 2 aromatic rings. The number of sulfonamides is 1. The first-order valence-electron chi connectivity index (χ1n) is 5.64. The SMILES string of the molecule is Cc1cccc(S(=O)(=O)Nc2nc(C)ccc2O)c1. The summed E-state index contributed by atoms with van der Waals surface area (Å²) in [6, 6.07) is 9.50. The van der Waals surface area contributed by atoms with E-state index in [1.165, 1.54) is 12.1 Å². The monoisotopic (exact) mass is 278 g/mol. The van der Waals surface area contributed by atoms with Crippen LogP contribution in [0.1, 0.15) is 11.3 Å². The average Bonchev–Trinajstić information content (AvgIpc) is 2.33. The number of anilines is 1. The van der Waals surface area contributed by atoms with Crippen molar-refractivity contribution in [2.24, 2.45) is 0 Å². The van der Waals surface area contributed by atoms with Crippen LogP contribution < -0.4 is 4.72 Å². The molecule has 0 atom stereocenters. The van der Waals surface area contributed by atoms with Gasteiger partial charge in [-0.05, 0) is 43.7 Å². The summed E-state index contributed by atoms with van der Waals surface area (Å²) in [6.45, 7) is 3.52. The number of rotatable bonds is 3. The van der Waals surface area contributed by atoms with Crippen molar-refractivity contribution in [2.45, 2.75) is 18.7 Å². The Kier molecular flexibility index (Phi) is 3.44. The third-order valence-corrected chi connectivity index (χ3v) is 3.88. The van der Waals surface area contributed by atoms with E-state index in [4.69, 9.17) is 0 Å². The topological polar surface area (TPSA) is 79.3 Å². The van der Waals surface area contributed by atoms with Gasteiger partial charge in [0.15, 0.2) is 11.6 Å². The number of hydrogen-bond donors (Lipinski definition) is 2. The number of pyridine rings is 1. The highest BCUT2D eigenvalue weighted by Gasteiger charge is 2.17. The molecule has 0 bridgehead atoms. The van der Waals surface area contributed by atoms with Crippen LogP contribution in [0.3, 0.4) is 0 Å². The van der Waals surface area contributed by atoms with Crippen LogP contribution in [0.5, 0.6) is 5.75 Å². The van der Waals surface area contributed by atoms with Gasteiger partial charge in [0.1, 0.15) is 0 Å². The summed E-state index contributed by atoms with van der Waals surface area (Å²) in [6.07, 6.45) is 0. The van der Waals surface area contributed by atoms with Crippen molar-refractivity contribution in [1.29, 1.82) is 0 Å². The van der Waals surface area contributed by atoms with Gasteiger partial charge in [-0.2, -0.15) is 0 Å². The predicted octanol–water partition coefficient (Wildman–Crippen LogP) is 2.20. The van der Waals surface area contributed by atoms with Crippen LogP contribution >= 0.6 is 0 Å². The molecule has 1 heterocycles. The minimum atomic E-state index is -3.75. The number of benzene rings is 1. The Balaban J connectivity index is 2.39. The number of nitrogens with one attached hydrogen (secondary N) is 1. The van der Waals surface area contributed by atoms with Crippen LogP contribution in [-0.4, -0.2) is 18.5 Å². The molecule has 5 nitrogen and oxygen atoms in total. The van der Waals surface area contributed by atoms with Gasteiger partial charge in [-0.3, -0.25) is 4.72 Å². The number of hydrogen-bond acceptors (Lipinski definition) is 4. The number of aryl methyl sites for hydroxylation is 2. The zero-order chi connectivity index (χ0) is 14.0. The Labute approximate surface area is 112 Å². The second-order valence-corrected chi connectivity index (χ2v) is 5.92. The maximum absolute atomic E-state index is 12.2. The second kappa shape index (κ2) is 4.89. The van der Waals surface area contributed by atoms with Gasteiger partial charge in [-0.1, -0.05) is 12.1 Å². The highest BCUT2D eigenvalue weighted by Crippen LogP contribution is 2.23. The molecule has 0 saturated heterocycles. The van der Waals surface area contributed by atoms with E-state index in [9.17, 15) is 13.5 Å². The molecule has 1 aromatic carbocycles. The van der Waals surface area contributed by atoms with Crippen molar-refractivity contribution < 1.29 is 13.5 Å². The molecule has 2 N–H and O–H groups in total. The van der Waals surface area contributed by atoms with Crippen molar-refractivity contribution in [3.05, 3.63) is 47.7 Å². The lowest BCUT2D eigenvalue weighted by Crippen LogP contribution is -2.14. The van der Waals surface area contributed by atoms with Crippen LogP contribution in [-0.2, 0) is 10.0 Å². The highest BCUT2D eigenvalue weighted by molar-refractivity contribution is 7.92. The zero-order valence-electron chi connectivity index (χ0n) is 10.6. The van der Waals surface area contributed by atoms with E-state index < -0.39 is 10.0 Å². The summed E-state index contributed by atoms with van der Waals surface area (Å²) in [5, 5.41) is 9.61. The normalized spacial score (nSPS) is 11.3. The van der Waals surface area contributed by atoms with Crippen LogP contribution in [0.25, 0.3) is 0 Å². The van der Waals surface area contributed by atoms with Crippen molar-refractivity contribution in [2.75, 3.05) is 4.72 Å². The fourth-order valence-corrected chi connectivity index (χ4v) is 2.71. The van der Waals surface area contributed by atoms with E-state index in [0.717, 1.165) is 5.56 Å². The first-order valence-corrected chi connectivity index (χ1v) is 7.13. The Hall–Kier alpha value is -2.08. The molecule has 0 saturated carbocycles. The van der Waals surface area contributed by atoms with Gasteiger partial charge in [0.05, 0.1) is 4.90 Å². The molecule has 19 heavy (non-hydrogen) atoms. The number of aromatic nitrogens is 1. The highest BCUT2D eigenvalue weighted by atomic mass is 32.2. The lowest BCUT2D eigenvalue weighted by atomic mass is 10.2. The molecule has 0 unspecified atom stereocenters. The molecule has 6 heteroatoms. The van der Waals surface area contributed by atoms with Gasteiger partial charge < -0.3 is 5.11 Å². The molecule has 0 amide bonds. The Morgan fingerprint density at radius 1 is 1.16 bits per heavy atom. The summed E-state index contributed by atoms with van der Waals surface area (Å²) < 4.78 is 26.6. The molecular weight excluding hydrogens is 264 g/mol. The average molecular weight is 278 g/mol. The van der Waals surface area contributed by atoms with E-state index >= 15 is 0 Å². The van der Waals surface area contributed by atoms with Crippen molar-refractivity contribution in [1.82, 2.24) is 4.98 Å². The van der Waals surface area contributed by atoms with Crippen molar-refractivity contribution in [3.63, 3.8) is 0 Å². The van der Waals surface area contributed by atoms with Gasteiger partial charge in [0.2, 0.25) is 0 Å². The van der Waals surface area contributed by atoms with E-state index in [-0.39, 0.29) is 16.5 Å². The maximum Gasteiger partial charge on any atom is 0.263 e. The summed E-state index contributed by atoms with van der Waals surface area (Å²) in [5.41, 5.74) is 1.45. The van der Waals surface area contributed by atoms with E-state index in [0.29, 0.717) is 5.69 Å². The van der Waals surface area contributed by atoms with Crippen LogP contribution in [0, 0.1) is 13.8 Å². The van der Waals surface area contributed by atoms with Crippen molar-refractivity contribution >= 4 is 15.8 Å². The lowest BCUT2D eigenvalue weighted by Gasteiger charge is -2.09. The fraction of sp³-hybridized carbons (Fsp3) is 0.154. The van der Waals surface area contributed by atoms with E-state index in [1.54, 1.807) is 38.1 Å². The van der Waals surface area contributed by atoms with E-state index in [2.05, 4.69) is 9.71 Å². The lowest BCUT2D eigenvalue weighted by molar-refractivity contribution is 0.475. The van der Waals surface area contributed by atoms with Gasteiger partial charge in [0, 0.05) is 5.69 Å². The van der Waals surface area contributed by atoms with E-state index in [1.807, 2.05) is 0 Å². The molecule has 0 aliphatic heterocycles. The van der Waals surface area contributed by atoms with Gasteiger partial charge in [-0.15, -0.1) is 0 Å². The maximum atomic E-state index is 12.2. The minimum Gasteiger partial charge on any atom is -0.504 e. The van der Waals surface area contributed by atoms with Gasteiger partial charge >= 0.3 is 0 Å². The van der Waals surface area contributed by atoms with Crippen LogP contribution in [0.15, 0.2) is 41.3 Å². The molecule has 0 aliphatic carbocycles. The molecule has 0 spiro atoms. The first kappa shape index (κ1) is 13.4. The largest absolute Gasteiger partial charge is 0.504 e. The number of nitrogens with zero attached hydrogens (tertiary/aromatic N) is 1. The fourth-order valence-electron chi connectivity index (χ4n) is 1.59. The second-order valence-electron chi connectivity index (χ2n) is 4.24. The zero-order valence-corrected chi connectivity index (χ0v) is 11.4. The summed E-state index contributed by atoms with van der Waals surface area (Å²) >= 11 is 0. The minimum absolute atomic E-state index is 0.0680. The third kappa shape index (κ3) is 3.03. The molecule has 2 rings (SSSR count). The molecule has 1 aromatic heterocycles. The van der Waals surface area contributed by atoms with Gasteiger partial charge in [-0.25, -0.2) is 13.4 Å². The predicted molar refractivity (Wildman–Crippen MR) is 72.6 cm³/mol. The molecular formula is C13H14N2O3S. The third-order valence-electron chi connectivity index (χ3n) is 2.54. The van der Waals surface area contributed by atoms with Gasteiger partial charge in [0.25, 0.3) is 10.0 Å².